The van der Waals surface area contributed by atoms with E-state index in [2.05, 4.69) is 67.9 Å². The van der Waals surface area contributed by atoms with Gasteiger partial charge in [0.15, 0.2) is 0 Å². The molecule has 2 bridgehead atoms. The van der Waals surface area contributed by atoms with Gasteiger partial charge in [-0.15, -0.1) is 0 Å². The van der Waals surface area contributed by atoms with Crippen LogP contribution in [0.2, 0.25) is 19.6 Å². The van der Waals surface area contributed by atoms with Crippen LogP contribution in [0.5, 0.6) is 0 Å². The third-order valence-corrected chi connectivity index (χ3v) is 5.15. The number of likely N-dealkylation sites (tertiary alicyclic amines) is 1. The zero-order valence-corrected chi connectivity index (χ0v) is 14.0. The van der Waals surface area contributed by atoms with Gasteiger partial charge in [-0.1, -0.05) is 30.3 Å². The second-order valence-electron chi connectivity index (χ2n) is 7.08. The van der Waals surface area contributed by atoms with Gasteiger partial charge in [-0.3, -0.25) is 4.90 Å². The van der Waals surface area contributed by atoms with Gasteiger partial charge in [0.05, 0.1) is 11.8 Å². The Kier molecular flexibility index (Phi) is 3.51. The Labute approximate surface area is 123 Å². The van der Waals surface area contributed by atoms with Crippen molar-refractivity contribution in [1.82, 2.24) is 4.90 Å². The van der Waals surface area contributed by atoms with Crippen molar-refractivity contribution in [3.8, 4) is 0 Å². The largest absolute Gasteiger partial charge is 0.546 e. The molecule has 0 saturated carbocycles. The van der Waals surface area contributed by atoms with Crippen LogP contribution in [0.15, 0.2) is 42.2 Å². The minimum atomic E-state index is -1.50. The van der Waals surface area contributed by atoms with Gasteiger partial charge in [0.1, 0.15) is 0 Å². The first-order valence-electron chi connectivity index (χ1n) is 7.65. The highest BCUT2D eigenvalue weighted by molar-refractivity contribution is 6.70. The first-order valence-corrected chi connectivity index (χ1v) is 11.1. The summed E-state index contributed by atoms with van der Waals surface area (Å²) in [4.78, 5) is 2.62. The Hall–Kier alpha value is -1.06. The average molecular weight is 287 g/mol. The van der Waals surface area contributed by atoms with Crippen LogP contribution in [0, 0.1) is 5.92 Å². The molecular formula is C17H25NOSi. The summed E-state index contributed by atoms with van der Waals surface area (Å²) in [5.74, 6) is 1.95. The fourth-order valence-electron chi connectivity index (χ4n) is 3.45. The predicted molar refractivity (Wildman–Crippen MR) is 86.0 cm³/mol. The molecule has 0 spiro atoms. The third-order valence-electron chi connectivity index (χ3n) is 4.30. The van der Waals surface area contributed by atoms with E-state index in [4.69, 9.17) is 4.43 Å². The van der Waals surface area contributed by atoms with E-state index >= 15 is 0 Å². The molecule has 2 nitrogen and oxygen atoms in total. The quantitative estimate of drug-likeness (QED) is 0.770. The van der Waals surface area contributed by atoms with Gasteiger partial charge >= 0.3 is 0 Å². The molecule has 20 heavy (non-hydrogen) atoms. The van der Waals surface area contributed by atoms with Gasteiger partial charge in [0, 0.05) is 12.6 Å². The first-order chi connectivity index (χ1) is 9.44. The van der Waals surface area contributed by atoms with E-state index in [9.17, 15) is 0 Å². The molecule has 1 aromatic rings. The lowest BCUT2D eigenvalue weighted by Gasteiger charge is -2.35. The van der Waals surface area contributed by atoms with E-state index in [1.807, 2.05) is 0 Å². The zero-order valence-electron chi connectivity index (χ0n) is 13.0. The highest BCUT2D eigenvalue weighted by Gasteiger charge is 2.43. The molecule has 1 saturated heterocycles. The molecule has 1 aromatic carbocycles. The van der Waals surface area contributed by atoms with Crippen LogP contribution >= 0.6 is 0 Å². The van der Waals surface area contributed by atoms with Crippen LogP contribution in [0.4, 0.5) is 0 Å². The maximum Gasteiger partial charge on any atom is 0.241 e. The summed E-state index contributed by atoms with van der Waals surface area (Å²) in [7, 11) is -1.50. The smallest absolute Gasteiger partial charge is 0.241 e. The Morgan fingerprint density at radius 1 is 1.20 bits per heavy atom. The summed E-state index contributed by atoms with van der Waals surface area (Å²) in [6, 6.07) is 11.8. The molecular weight excluding hydrogens is 262 g/mol. The summed E-state index contributed by atoms with van der Waals surface area (Å²) < 4.78 is 6.31. The summed E-state index contributed by atoms with van der Waals surface area (Å²) in [5, 5.41) is 0. The summed E-state index contributed by atoms with van der Waals surface area (Å²) >= 11 is 0. The Bertz CT molecular complexity index is 505. The molecule has 0 N–H and O–H groups in total. The highest BCUT2D eigenvalue weighted by Crippen LogP contribution is 2.42. The SMILES string of the molecule is C[C@H](c1ccccc1)N1C[C@H]2C=C(O[Si](C)(C)C)[C@@H]1C2. The highest BCUT2D eigenvalue weighted by atomic mass is 28.4. The monoisotopic (exact) mass is 287 g/mol. The van der Waals surface area contributed by atoms with Gasteiger partial charge < -0.3 is 4.43 Å². The second kappa shape index (κ2) is 5.04. The molecule has 3 rings (SSSR count). The third kappa shape index (κ3) is 2.70. The van der Waals surface area contributed by atoms with E-state index in [1.165, 1.54) is 24.3 Å². The second-order valence-corrected chi connectivity index (χ2v) is 11.5. The van der Waals surface area contributed by atoms with E-state index in [0.717, 1.165) is 0 Å². The van der Waals surface area contributed by atoms with Gasteiger partial charge in [-0.2, -0.15) is 0 Å². The van der Waals surface area contributed by atoms with Gasteiger partial charge in [0.2, 0.25) is 8.32 Å². The lowest BCUT2D eigenvalue weighted by molar-refractivity contribution is 0.169. The van der Waals surface area contributed by atoms with E-state index in [-0.39, 0.29) is 0 Å². The number of fused-ring (bicyclic) bond motifs is 2. The Morgan fingerprint density at radius 3 is 2.50 bits per heavy atom. The molecule has 3 atom stereocenters. The normalized spacial score (nSPS) is 27.5. The van der Waals surface area contributed by atoms with Crippen molar-refractivity contribution in [1.29, 1.82) is 0 Å². The molecule has 1 fully saturated rings. The molecule has 108 valence electrons. The maximum atomic E-state index is 6.31. The van der Waals surface area contributed by atoms with E-state index < -0.39 is 8.32 Å². The molecule has 0 amide bonds. The molecule has 3 heteroatoms. The fraction of sp³-hybridized carbons (Fsp3) is 0.529. The summed E-state index contributed by atoms with van der Waals surface area (Å²) in [6.07, 6.45) is 3.63. The minimum Gasteiger partial charge on any atom is -0.546 e. The maximum absolute atomic E-state index is 6.31. The summed E-state index contributed by atoms with van der Waals surface area (Å²) in [6.45, 7) is 10.3. The average Bonchev–Trinajstić information content (AvgIpc) is 2.96. The molecule has 1 heterocycles. The molecule has 1 aliphatic carbocycles. The van der Waals surface area contributed by atoms with Crippen molar-refractivity contribution in [2.75, 3.05) is 6.54 Å². The number of hydrogen-bond donors (Lipinski definition) is 0. The van der Waals surface area contributed by atoms with Crippen LogP contribution < -0.4 is 0 Å². The molecule has 2 aliphatic rings. The zero-order chi connectivity index (χ0) is 14.3. The van der Waals surface area contributed by atoms with Crippen LogP contribution in [-0.2, 0) is 4.43 Å². The minimum absolute atomic E-state index is 0.472. The van der Waals surface area contributed by atoms with Crippen molar-refractivity contribution in [2.45, 2.75) is 45.1 Å². The van der Waals surface area contributed by atoms with Crippen LogP contribution in [0.1, 0.15) is 24.9 Å². The molecule has 0 aromatic heterocycles. The molecule has 0 unspecified atom stereocenters. The number of hydrogen-bond acceptors (Lipinski definition) is 2. The van der Waals surface area contributed by atoms with E-state index in [1.54, 1.807) is 0 Å². The number of rotatable bonds is 4. The lowest BCUT2D eigenvalue weighted by atomic mass is 10.1. The van der Waals surface area contributed by atoms with E-state index in [0.29, 0.717) is 18.0 Å². The summed E-state index contributed by atoms with van der Waals surface area (Å²) in [5.41, 5.74) is 1.41. The van der Waals surface area contributed by atoms with Crippen molar-refractivity contribution < 1.29 is 4.43 Å². The predicted octanol–water partition coefficient (Wildman–Crippen LogP) is 4.19. The molecule has 1 aliphatic heterocycles. The van der Waals surface area contributed by atoms with Crippen LogP contribution in [-0.4, -0.2) is 25.8 Å². The Balaban J connectivity index is 1.76. The van der Waals surface area contributed by atoms with Gasteiger partial charge in [-0.05, 0) is 50.5 Å². The topological polar surface area (TPSA) is 12.5 Å². The van der Waals surface area contributed by atoms with Crippen LogP contribution in [0.25, 0.3) is 0 Å². The van der Waals surface area contributed by atoms with Crippen molar-refractivity contribution >= 4 is 8.32 Å². The first kappa shape index (κ1) is 13.9. The standard InChI is InChI=1S/C17H25NOSi/c1-13(15-8-6-5-7-9-15)18-12-14-10-16(18)17(11-14)19-20(2,3)4/h5-9,11,13-14,16H,10,12H2,1-4H3/t13-,14-,16+/m1/s1. The van der Waals surface area contributed by atoms with Crippen molar-refractivity contribution in [3.63, 3.8) is 0 Å². The molecule has 0 radical (unpaired) electrons. The lowest BCUT2D eigenvalue weighted by Crippen LogP contribution is -2.38. The number of nitrogens with zero attached hydrogens (tertiary/aromatic N) is 1. The Morgan fingerprint density at radius 2 is 1.90 bits per heavy atom. The van der Waals surface area contributed by atoms with Gasteiger partial charge in [-0.25, -0.2) is 0 Å². The van der Waals surface area contributed by atoms with Gasteiger partial charge in [0.25, 0.3) is 0 Å². The van der Waals surface area contributed by atoms with Crippen molar-refractivity contribution in [3.05, 3.63) is 47.7 Å². The number of benzene rings is 1. The van der Waals surface area contributed by atoms with Crippen molar-refractivity contribution in [2.24, 2.45) is 5.92 Å². The van der Waals surface area contributed by atoms with Crippen LogP contribution in [0.3, 0.4) is 0 Å². The fourth-order valence-corrected chi connectivity index (χ4v) is 4.36.